The maximum Gasteiger partial charge on any atom is 0.0642 e. The maximum absolute atomic E-state index is 5.49. The zero-order valence-corrected chi connectivity index (χ0v) is 14.4. The van der Waals surface area contributed by atoms with Crippen LogP contribution in [0.25, 0.3) is 0 Å². The van der Waals surface area contributed by atoms with E-state index in [1.165, 1.54) is 41.7 Å². The molecule has 1 unspecified atom stereocenters. The lowest BCUT2D eigenvalue weighted by Gasteiger charge is -2.34. The van der Waals surface area contributed by atoms with Crippen molar-refractivity contribution in [1.82, 2.24) is 4.90 Å². The highest BCUT2D eigenvalue weighted by Crippen LogP contribution is 2.28. The van der Waals surface area contributed by atoms with Crippen LogP contribution in [0.4, 0.5) is 5.69 Å². The first-order valence-electron chi connectivity index (χ1n) is 8.06. The highest BCUT2D eigenvalue weighted by Gasteiger charge is 2.20. The molecule has 0 aromatic heterocycles. The monoisotopic (exact) mass is 352 g/mol. The van der Waals surface area contributed by atoms with E-state index in [0.29, 0.717) is 0 Å². The molecule has 1 atom stereocenters. The molecule has 0 amide bonds. The molecule has 0 aliphatic carbocycles. The number of hydrogen-bond donors (Lipinski definition) is 0. The molecule has 0 spiro atoms. The summed E-state index contributed by atoms with van der Waals surface area (Å²) in [7, 11) is 0. The molecule has 0 N–H and O–H groups in total. The summed E-state index contributed by atoms with van der Waals surface area (Å²) in [5.74, 6) is 0.834. The first kappa shape index (κ1) is 15.3. The standard InChI is InChI=1S/C17H25BrN2O/c1-14-3-2-6-19(12-14)13-15-4-5-16(18)11-17(15)20-7-9-21-10-8-20/h4-5,11,14H,2-3,6-10,12-13H2,1H3. The summed E-state index contributed by atoms with van der Waals surface area (Å²) in [6.07, 6.45) is 2.72. The van der Waals surface area contributed by atoms with Crippen molar-refractivity contribution in [3.05, 3.63) is 28.2 Å². The molecule has 3 rings (SSSR count). The molecule has 0 radical (unpaired) electrons. The predicted octanol–water partition coefficient (Wildman–Crippen LogP) is 3.52. The van der Waals surface area contributed by atoms with Crippen LogP contribution in [0.3, 0.4) is 0 Å². The van der Waals surface area contributed by atoms with E-state index in [4.69, 9.17) is 4.74 Å². The third-order valence-electron chi connectivity index (χ3n) is 4.53. The van der Waals surface area contributed by atoms with Gasteiger partial charge in [-0.3, -0.25) is 4.90 Å². The van der Waals surface area contributed by atoms with Gasteiger partial charge in [0.25, 0.3) is 0 Å². The number of hydrogen-bond acceptors (Lipinski definition) is 3. The lowest BCUT2D eigenvalue weighted by molar-refractivity contribution is 0.122. The summed E-state index contributed by atoms with van der Waals surface area (Å²) in [4.78, 5) is 5.08. The number of benzene rings is 1. The Morgan fingerprint density at radius 2 is 2.05 bits per heavy atom. The molecule has 2 fully saturated rings. The molecule has 1 aromatic rings. The Bertz CT molecular complexity index is 474. The molecule has 0 saturated carbocycles. The number of rotatable bonds is 3. The fourth-order valence-corrected chi connectivity index (χ4v) is 3.79. The lowest BCUT2D eigenvalue weighted by Crippen LogP contribution is -2.38. The molecule has 3 nitrogen and oxygen atoms in total. The number of halogens is 1. The SMILES string of the molecule is CC1CCCN(Cc2ccc(Br)cc2N2CCOCC2)C1. The molecule has 1 aromatic carbocycles. The second kappa shape index (κ2) is 7.12. The van der Waals surface area contributed by atoms with E-state index < -0.39 is 0 Å². The van der Waals surface area contributed by atoms with Crippen LogP contribution in [0.5, 0.6) is 0 Å². The largest absolute Gasteiger partial charge is 0.378 e. The predicted molar refractivity (Wildman–Crippen MR) is 90.8 cm³/mol. The van der Waals surface area contributed by atoms with Crippen LogP contribution in [-0.4, -0.2) is 44.3 Å². The first-order chi connectivity index (χ1) is 10.2. The van der Waals surface area contributed by atoms with Crippen molar-refractivity contribution in [2.45, 2.75) is 26.3 Å². The van der Waals surface area contributed by atoms with Gasteiger partial charge in [-0.15, -0.1) is 0 Å². The van der Waals surface area contributed by atoms with E-state index in [-0.39, 0.29) is 0 Å². The van der Waals surface area contributed by atoms with E-state index in [0.717, 1.165) is 38.8 Å². The molecule has 21 heavy (non-hydrogen) atoms. The van der Waals surface area contributed by atoms with Crippen LogP contribution in [0, 0.1) is 5.92 Å². The van der Waals surface area contributed by atoms with Crippen LogP contribution >= 0.6 is 15.9 Å². The van der Waals surface area contributed by atoms with Gasteiger partial charge in [-0.05, 0) is 43.0 Å². The van der Waals surface area contributed by atoms with Gasteiger partial charge in [0, 0.05) is 36.3 Å². The second-order valence-electron chi connectivity index (χ2n) is 6.35. The number of piperidine rings is 1. The molecule has 2 heterocycles. The zero-order valence-electron chi connectivity index (χ0n) is 12.9. The van der Waals surface area contributed by atoms with Crippen molar-refractivity contribution < 1.29 is 4.74 Å². The summed E-state index contributed by atoms with van der Waals surface area (Å²) < 4.78 is 6.66. The average Bonchev–Trinajstić information content (AvgIpc) is 2.50. The maximum atomic E-state index is 5.49. The Morgan fingerprint density at radius 1 is 1.24 bits per heavy atom. The van der Waals surface area contributed by atoms with Gasteiger partial charge in [0.05, 0.1) is 13.2 Å². The molecule has 2 aliphatic heterocycles. The smallest absolute Gasteiger partial charge is 0.0642 e. The molecule has 2 saturated heterocycles. The zero-order chi connectivity index (χ0) is 14.7. The van der Waals surface area contributed by atoms with Crippen molar-refractivity contribution in [3.63, 3.8) is 0 Å². The van der Waals surface area contributed by atoms with Crippen LogP contribution in [0.15, 0.2) is 22.7 Å². The Hall–Kier alpha value is -0.580. The highest BCUT2D eigenvalue weighted by molar-refractivity contribution is 9.10. The quantitative estimate of drug-likeness (QED) is 0.827. The fourth-order valence-electron chi connectivity index (χ4n) is 3.44. The lowest BCUT2D eigenvalue weighted by atomic mass is 9.99. The third kappa shape index (κ3) is 3.99. The van der Waals surface area contributed by atoms with Crippen LogP contribution in [0.2, 0.25) is 0 Å². The number of morpholine rings is 1. The molecular weight excluding hydrogens is 328 g/mol. The van der Waals surface area contributed by atoms with Crippen LogP contribution in [-0.2, 0) is 11.3 Å². The second-order valence-corrected chi connectivity index (χ2v) is 7.27. The van der Waals surface area contributed by atoms with E-state index in [9.17, 15) is 0 Å². The minimum Gasteiger partial charge on any atom is -0.378 e. The fraction of sp³-hybridized carbons (Fsp3) is 0.647. The van der Waals surface area contributed by atoms with E-state index >= 15 is 0 Å². The topological polar surface area (TPSA) is 15.7 Å². The van der Waals surface area contributed by atoms with E-state index in [1.807, 2.05) is 0 Å². The van der Waals surface area contributed by atoms with Crippen LogP contribution < -0.4 is 4.90 Å². The molecule has 116 valence electrons. The van der Waals surface area contributed by atoms with Gasteiger partial charge >= 0.3 is 0 Å². The van der Waals surface area contributed by atoms with Gasteiger partial charge in [0.2, 0.25) is 0 Å². The van der Waals surface area contributed by atoms with Crippen molar-refractivity contribution in [3.8, 4) is 0 Å². The summed E-state index contributed by atoms with van der Waals surface area (Å²) in [6, 6.07) is 6.73. The summed E-state index contributed by atoms with van der Waals surface area (Å²) in [6.45, 7) is 9.60. The molecule has 2 aliphatic rings. The van der Waals surface area contributed by atoms with Crippen molar-refractivity contribution >= 4 is 21.6 Å². The van der Waals surface area contributed by atoms with Crippen molar-refractivity contribution in [2.24, 2.45) is 5.92 Å². The Labute approximate surface area is 136 Å². The van der Waals surface area contributed by atoms with Crippen LogP contribution in [0.1, 0.15) is 25.3 Å². The van der Waals surface area contributed by atoms with E-state index in [1.54, 1.807) is 0 Å². The summed E-state index contributed by atoms with van der Waals surface area (Å²) >= 11 is 3.63. The highest BCUT2D eigenvalue weighted by atomic mass is 79.9. The van der Waals surface area contributed by atoms with Gasteiger partial charge in [-0.25, -0.2) is 0 Å². The van der Waals surface area contributed by atoms with Gasteiger partial charge in [-0.1, -0.05) is 28.9 Å². The molecular formula is C17H25BrN2O. The molecule has 4 heteroatoms. The van der Waals surface area contributed by atoms with Crippen molar-refractivity contribution in [1.29, 1.82) is 0 Å². The normalized spacial score (nSPS) is 24.3. The average molecular weight is 353 g/mol. The number of anilines is 1. The van der Waals surface area contributed by atoms with Gasteiger partial charge in [0.15, 0.2) is 0 Å². The summed E-state index contributed by atoms with van der Waals surface area (Å²) in [5.41, 5.74) is 2.83. The minimum absolute atomic E-state index is 0.834. The van der Waals surface area contributed by atoms with Gasteiger partial charge in [-0.2, -0.15) is 0 Å². The Kier molecular flexibility index (Phi) is 5.19. The van der Waals surface area contributed by atoms with Crippen molar-refractivity contribution in [2.75, 3.05) is 44.3 Å². The Morgan fingerprint density at radius 3 is 2.81 bits per heavy atom. The third-order valence-corrected chi connectivity index (χ3v) is 5.03. The molecule has 0 bridgehead atoms. The first-order valence-corrected chi connectivity index (χ1v) is 8.85. The van der Waals surface area contributed by atoms with Gasteiger partial charge < -0.3 is 9.64 Å². The van der Waals surface area contributed by atoms with E-state index in [2.05, 4.69) is 50.9 Å². The number of nitrogens with zero attached hydrogens (tertiary/aromatic N) is 2. The Balaban J connectivity index is 1.77. The number of likely N-dealkylation sites (tertiary alicyclic amines) is 1. The van der Waals surface area contributed by atoms with Gasteiger partial charge in [0.1, 0.15) is 0 Å². The minimum atomic E-state index is 0.834. The summed E-state index contributed by atoms with van der Waals surface area (Å²) in [5, 5.41) is 0. The number of ether oxygens (including phenoxy) is 1.